The normalized spacial score (nSPS) is 11.0. The van der Waals surface area contributed by atoms with E-state index >= 15 is 0 Å². The molecule has 2 nitrogen and oxygen atoms in total. The Morgan fingerprint density at radius 3 is 2.42 bits per heavy atom. The van der Waals surface area contributed by atoms with Gasteiger partial charge in [-0.3, -0.25) is 4.79 Å². The number of carbonyl (C=O) groups is 1. The molecule has 24 heavy (non-hydrogen) atoms. The molecule has 0 aliphatic heterocycles. The van der Waals surface area contributed by atoms with Crippen LogP contribution in [0.15, 0.2) is 48.5 Å². The Bertz CT molecular complexity index is 757. The zero-order chi connectivity index (χ0) is 17.7. The Kier molecular flexibility index (Phi) is 5.30. The number of halogens is 3. The van der Waals surface area contributed by atoms with Gasteiger partial charge in [0.05, 0.1) is 12.1 Å². The predicted octanol–water partition coefficient (Wildman–Crippen LogP) is 4.29. The van der Waals surface area contributed by atoms with Crippen molar-refractivity contribution in [3.63, 3.8) is 0 Å². The van der Waals surface area contributed by atoms with Gasteiger partial charge < -0.3 is 4.90 Å². The molecule has 0 saturated heterocycles. The van der Waals surface area contributed by atoms with Crippen LogP contribution in [0.1, 0.15) is 27.0 Å². The van der Waals surface area contributed by atoms with Crippen LogP contribution in [-0.4, -0.2) is 17.4 Å². The van der Waals surface area contributed by atoms with Crippen LogP contribution in [0, 0.1) is 19.3 Å². The fraction of sp³-hybridized carbons (Fsp3) is 0.211. The van der Waals surface area contributed by atoms with Gasteiger partial charge in [0, 0.05) is 12.1 Å². The fourth-order valence-electron chi connectivity index (χ4n) is 2.23. The minimum atomic E-state index is -4.50. The van der Waals surface area contributed by atoms with Crippen molar-refractivity contribution in [2.24, 2.45) is 0 Å². The van der Waals surface area contributed by atoms with E-state index in [0.29, 0.717) is 0 Å². The van der Waals surface area contributed by atoms with Crippen LogP contribution in [0.25, 0.3) is 0 Å². The first-order chi connectivity index (χ1) is 11.3. The number of aryl methyl sites for hydroxylation is 1. The lowest BCUT2D eigenvalue weighted by molar-refractivity contribution is -0.137. The quantitative estimate of drug-likeness (QED) is 0.766. The number of hydrogen-bond donors (Lipinski definition) is 0. The summed E-state index contributed by atoms with van der Waals surface area (Å²) in [6, 6.07) is 11.9. The van der Waals surface area contributed by atoms with Gasteiger partial charge in [-0.1, -0.05) is 41.8 Å². The van der Waals surface area contributed by atoms with Crippen molar-refractivity contribution in [3.8, 4) is 12.3 Å². The number of hydrogen-bond acceptors (Lipinski definition) is 1. The molecule has 0 unspecified atom stereocenters. The molecule has 0 radical (unpaired) electrons. The zero-order valence-electron chi connectivity index (χ0n) is 13.1. The summed E-state index contributed by atoms with van der Waals surface area (Å²) in [7, 11) is 0. The molecular formula is C19H16F3NO. The largest absolute Gasteiger partial charge is 0.416 e. The molecule has 124 valence electrons. The third-order valence-electron chi connectivity index (χ3n) is 3.50. The molecule has 5 heteroatoms. The lowest BCUT2D eigenvalue weighted by Gasteiger charge is -2.21. The molecule has 2 rings (SSSR count). The van der Waals surface area contributed by atoms with Crippen molar-refractivity contribution in [3.05, 3.63) is 70.8 Å². The Morgan fingerprint density at radius 2 is 1.83 bits per heavy atom. The first kappa shape index (κ1) is 17.6. The summed E-state index contributed by atoms with van der Waals surface area (Å²) in [4.78, 5) is 13.9. The second kappa shape index (κ2) is 7.22. The highest BCUT2D eigenvalue weighted by atomic mass is 19.4. The SMILES string of the molecule is C#CCN(Cc1ccc(C)cc1)C(=O)c1cccc(C(F)(F)F)c1. The monoisotopic (exact) mass is 331 g/mol. The van der Waals surface area contributed by atoms with Gasteiger partial charge >= 0.3 is 6.18 Å². The Labute approximate surface area is 138 Å². The van der Waals surface area contributed by atoms with Crippen molar-refractivity contribution in [1.82, 2.24) is 4.90 Å². The number of benzene rings is 2. The topological polar surface area (TPSA) is 20.3 Å². The maximum Gasteiger partial charge on any atom is 0.416 e. The van der Waals surface area contributed by atoms with Crippen molar-refractivity contribution in [1.29, 1.82) is 0 Å². The molecule has 2 aromatic rings. The lowest BCUT2D eigenvalue weighted by Crippen LogP contribution is -2.31. The first-order valence-electron chi connectivity index (χ1n) is 7.27. The van der Waals surface area contributed by atoms with Crippen molar-refractivity contribution in [2.75, 3.05) is 6.54 Å². The summed E-state index contributed by atoms with van der Waals surface area (Å²) >= 11 is 0. The second-order valence-corrected chi connectivity index (χ2v) is 5.43. The molecule has 0 N–H and O–H groups in total. The van der Waals surface area contributed by atoms with E-state index in [4.69, 9.17) is 6.42 Å². The molecule has 0 fully saturated rings. The Balaban J connectivity index is 2.26. The van der Waals surface area contributed by atoms with E-state index in [1.807, 2.05) is 31.2 Å². The molecule has 0 aromatic heterocycles. The van der Waals surface area contributed by atoms with Gasteiger partial charge in [0.2, 0.25) is 0 Å². The standard InChI is InChI=1S/C19H16F3NO/c1-3-11-23(13-15-9-7-14(2)8-10-15)18(24)16-5-4-6-17(12-16)19(20,21)22/h1,4-10,12H,11,13H2,2H3. The number of terminal acetylenes is 1. The summed E-state index contributed by atoms with van der Waals surface area (Å²) in [5.41, 5.74) is 1.04. The molecule has 0 atom stereocenters. The lowest BCUT2D eigenvalue weighted by atomic mass is 10.1. The number of alkyl halides is 3. The Morgan fingerprint density at radius 1 is 1.17 bits per heavy atom. The molecule has 0 saturated carbocycles. The fourth-order valence-corrected chi connectivity index (χ4v) is 2.23. The van der Waals surface area contributed by atoms with E-state index in [-0.39, 0.29) is 18.7 Å². The summed E-state index contributed by atoms with van der Waals surface area (Å²) < 4.78 is 38.4. The Hall–Kier alpha value is -2.74. The van der Waals surface area contributed by atoms with Gasteiger partial charge in [0.15, 0.2) is 0 Å². The third-order valence-corrected chi connectivity index (χ3v) is 3.50. The first-order valence-corrected chi connectivity index (χ1v) is 7.27. The van der Waals surface area contributed by atoms with Crippen LogP contribution >= 0.6 is 0 Å². The van der Waals surface area contributed by atoms with Crippen LogP contribution in [0.5, 0.6) is 0 Å². The number of rotatable bonds is 4. The molecule has 0 bridgehead atoms. The molecule has 0 aliphatic carbocycles. The van der Waals surface area contributed by atoms with Crippen molar-refractivity contribution < 1.29 is 18.0 Å². The minimum Gasteiger partial charge on any atom is -0.323 e. The highest BCUT2D eigenvalue weighted by molar-refractivity contribution is 5.94. The summed E-state index contributed by atoms with van der Waals surface area (Å²) in [5.74, 6) is 1.85. The maximum absolute atomic E-state index is 12.8. The molecule has 0 spiro atoms. The summed E-state index contributed by atoms with van der Waals surface area (Å²) in [6.07, 6.45) is 0.802. The second-order valence-electron chi connectivity index (χ2n) is 5.43. The average molecular weight is 331 g/mol. The summed E-state index contributed by atoms with van der Waals surface area (Å²) in [5, 5.41) is 0. The third kappa shape index (κ3) is 4.39. The van der Waals surface area contributed by atoms with Gasteiger partial charge in [0.1, 0.15) is 0 Å². The van der Waals surface area contributed by atoms with E-state index in [1.165, 1.54) is 17.0 Å². The summed E-state index contributed by atoms with van der Waals surface area (Å²) in [6.45, 7) is 2.19. The number of carbonyl (C=O) groups excluding carboxylic acids is 1. The molecule has 0 heterocycles. The number of amides is 1. The highest BCUT2D eigenvalue weighted by Crippen LogP contribution is 2.29. The predicted molar refractivity (Wildman–Crippen MR) is 86.2 cm³/mol. The van der Waals surface area contributed by atoms with Crippen LogP contribution in [0.2, 0.25) is 0 Å². The molecule has 2 aromatic carbocycles. The smallest absolute Gasteiger partial charge is 0.323 e. The van der Waals surface area contributed by atoms with Gasteiger partial charge in [-0.05, 0) is 30.7 Å². The molecular weight excluding hydrogens is 315 g/mol. The van der Waals surface area contributed by atoms with Crippen molar-refractivity contribution >= 4 is 5.91 Å². The van der Waals surface area contributed by atoms with Crippen molar-refractivity contribution in [2.45, 2.75) is 19.6 Å². The van der Waals surface area contributed by atoms with Gasteiger partial charge in [0.25, 0.3) is 5.91 Å². The van der Waals surface area contributed by atoms with Gasteiger partial charge in [-0.15, -0.1) is 6.42 Å². The van der Waals surface area contributed by atoms with Gasteiger partial charge in [-0.2, -0.15) is 13.2 Å². The zero-order valence-corrected chi connectivity index (χ0v) is 13.1. The van der Waals surface area contributed by atoms with E-state index in [9.17, 15) is 18.0 Å². The van der Waals surface area contributed by atoms with E-state index in [1.54, 1.807) is 0 Å². The molecule has 1 amide bonds. The van der Waals surface area contributed by atoms with E-state index in [2.05, 4.69) is 5.92 Å². The van der Waals surface area contributed by atoms with Crippen LogP contribution in [-0.2, 0) is 12.7 Å². The highest BCUT2D eigenvalue weighted by Gasteiger charge is 2.31. The van der Waals surface area contributed by atoms with E-state index < -0.39 is 17.6 Å². The number of nitrogens with zero attached hydrogens (tertiary/aromatic N) is 1. The maximum atomic E-state index is 12.8. The average Bonchev–Trinajstić information content (AvgIpc) is 2.55. The van der Waals surface area contributed by atoms with Crippen LogP contribution in [0.3, 0.4) is 0 Å². The van der Waals surface area contributed by atoms with E-state index in [0.717, 1.165) is 23.3 Å². The minimum absolute atomic E-state index is 0.0168. The molecule has 0 aliphatic rings. The van der Waals surface area contributed by atoms with Gasteiger partial charge in [-0.25, -0.2) is 0 Å². The van der Waals surface area contributed by atoms with Crippen LogP contribution < -0.4 is 0 Å². The van der Waals surface area contributed by atoms with Crippen LogP contribution in [0.4, 0.5) is 13.2 Å².